The summed E-state index contributed by atoms with van der Waals surface area (Å²) in [6.07, 6.45) is 5.58. The average Bonchev–Trinajstić information content (AvgIpc) is 2.42. The van der Waals surface area contributed by atoms with Crippen molar-refractivity contribution in [2.75, 3.05) is 6.54 Å². The minimum Gasteiger partial charge on any atom is -0.306 e. The number of nitrogens with one attached hydrogen (secondary N) is 1. The SMILES string of the molecule is CCCNC(c1cncnc1)c1ccc(F)cc1F. The smallest absolute Gasteiger partial charge is 0.131 e. The van der Waals surface area contributed by atoms with Crippen LogP contribution in [0.5, 0.6) is 0 Å². The van der Waals surface area contributed by atoms with Gasteiger partial charge >= 0.3 is 0 Å². The number of halogens is 2. The van der Waals surface area contributed by atoms with Crippen molar-refractivity contribution >= 4 is 0 Å². The van der Waals surface area contributed by atoms with E-state index < -0.39 is 11.6 Å². The van der Waals surface area contributed by atoms with Crippen LogP contribution in [0.2, 0.25) is 0 Å². The molecule has 0 radical (unpaired) electrons. The maximum Gasteiger partial charge on any atom is 0.131 e. The van der Waals surface area contributed by atoms with Gasteiger partial charge in [0.25, 0.3) is 0 Å². The Morgan fingerprint density at radius 2 is 1.95 bits per heavy atom. The van der Waals surface area contributed by atoms with Crippen molar-refractivity contribution < 1.29 is 8.78 Å². The number of benzene rings is 1. The van der Waals surface area contributed by atoms with Crippen LogP contribution in [-0.2, 0) is 0 Å². The third-order valence-electron chi connectivity index (χ3n) is 2.79. The van der Waals surface area contributed by atoms with E-state index in [9.17, 15) is 8.78 Å². The molecule has 1 atom stereocenters. The highest BCUT2D eigenvalue weighted by Gasteiger charge is 2.18. The molecule has 1 heterocycles. The first-order chi connectivity index (χ1) is 9.22. The van der Waals surface area contributed by atoms with E-state index in [1.54, 1.807) is 12.4 Å². The molecule has 0 spiro atoms. The molecule has 1 aromatic heterocycles. The highest BCUT2D eigenvalue weighted by Crippen LogP contribution is 2.24. The lowest BCUT2D eigenvalue weighted by Crippen LogP contribution is -2.24. The van der Waals surface area contributed by atoms with Crippen LogP contribution in [0.3, 0.4) is 0 Å². The van der Waals surface area contributed by atoms with Gasteiger partial charge < -0.3 is 5.32 Å². The maximum atomic E-state index is 13.9. The van der Waals surface area contributed by atoms with Crippen molar-refractivity contribution in [2.24, 2.45) is 0 Å². The van der Waals surface area contributed by atoms with Gasteiger partial charge in [0.15, 0.2) is 0 Å². The predicted octanol–water partition coefficient (Wildman–Crippen LogP) is 2.84. The fourth-order valence-corrected chi connectivity index (χ4v) is 1.89. The van der Waals surface area contributed by atoms with E-state index in [0.29, 0.717) is 5.56 Å². The largest absolute Gasteiger partial charge is 0.306 e. The molecule has 0 bridgehead atoms. The van der Waals surface area contributed by atoms with Gasteiger partial charge in [-0.3, -0.25) is 0 Å². The maximum absolute atomic E-state index is 13.9. The quantitative estimate of drug-likeness (QED) is 0.901. The second kappa shape index (κ2) is 6.33. The average molecular weight is 263 g/mol. The first kappa shape index (κ1) is 13.5. The summed E-state index contributed by atoms with van der Waals surface area (Å²) in [6, 6.07) is 3.22. The molecule has 0 aliphatic carbocycles. The van der Waals surface area contributed by atoms with Crippen LogP contribution < -0.4 is 5.32 Å². The summed E-state index contributed by atoms with van der Waals surface area (Å²) in [4.78, 5) is 7.88. The molecule has 1 N–H and O–H groups in total. The van der Waals surface area contributed by atoms with Gasteiger partial charge in [0, 0.05) is 29.6 Å². The Morgan fingerprint density at radius 1 is 1.21 bits per heavy atom. The molecule has 0 saturated carbocycles. The van der Waals surface area contributed by atoms with Crippen molar-refractivity contribution in [2.45, 2.75) is 19.4 Å². The van der Waals surface area contributed by atoms with Crippen molar-refractivity contribution in [3.05, 3.63) is 59.7 Å². The van der Waals surface area contributed by atoms with Gasteiger partial charge in [0.05, 0.1) is 6.04 Å². The van der Waals surface area contributed by atoms with Crippen LogP contribution in [0, 0.1) is 11.6 Å². The van der Waals surface area contributed by atoms with E-state index in [-0.39, 0.29) is 6.04 Å². The summed E-state index contributed by atoms with van der Waals surface area (Å²) in [5.41, 5.74) is 1.14. The van der Waals surface area contributed by atoms with Crippen LogP contribution in [0.1, 0.15) is 30.5 Å². The van der Waals surface area contributed by atoms with Crippen LogP contribution in [0.15, 0.2) is 36.9 Å². The lowest BCUT2D eigenvalue weighted by molar-refractivity contribution is 0.531. The lowest BCUT2D eigenvalue weighted by Gasteiger charge is -2.19. The Balaban J connectivity index is 2.37. The molecule has 2 aromatic rings. The highest BCUT2D eigenvalue weighted by atomic mass is 19.1. The van der Waals surface area contributed by atoms with E-state index in [1.165, 1.54) is 18.5 Å². The van der Waals surface area contributed by atoms with Gasteiger partial charge in [0.2, 0.25) is 0 Å². The molecular formula is C14H15F2N3. The van der Waals surface area contributed by atoms with Crippen LogP contribution in [0.4, 0.5) is 8.78 Å². The summed E-state index contributed by atoms with van der Waals surface area (Å²) < 4.78 is 26.9. The topological polar surface area (TPSA) is 37.8 Å². The van der Waals surface area contributed by atoms with Gasteiger partial charge in [-0.1, -0.05) is 13.0 Å². The molecule has 19 heavy (non-hydrogen) atoms. The van der Waals surface area contributed by atoms with Crippen LogP contribution >= 0.6 is 0 Å². The number of rotatable bonds is 5. The van der Waals surface area contributed by atoms with Gasteiger partial charge in [-0.25, -0.2) is 18.7 Å². The molecule has 2 rings (SSSR count). The molecule has 100 valence electrons. The van der Waals surface area contributed by atoms with Gasteiger partial charge in [-0.2, -0.15) is 0 Å². The zero-order valence-corrected chi connectivity index (χ0v) is 10.6. The number of hydrogen-bond acceptors (Lipinski definition) is 3. The van der Waals surface area contributed by atoms with Gasteiger partial charge in [-0.05, 0) is 19.0 Å². The summed E-state index contributed by atoms with van der Waals surface area (Å²) >= 11 is 0. The summed E-state index contributed by atoms with van der Waals surface area (Å²) in [6.45, 7) is 2.74. The highest BCUT2D eigenvalue weighted by molar-refractivity contribution is 5.30. The van der Waals surface area contributed by atoms with E-state index >= 15 is 0 Å². The van der Waals surface area contributed by atoms with Crippen LogP contribution in [0.25, 0.3) is 0 Å². The fraction of sp³-hybridized carbons (Fsp3) is 0.286. The molecule has 3 nitrogen and oxygen atoms in total. The summed E-state index contributed by atoms with van der Waals surface area (Å²) in [7, 11) is 0. The summed E-state index contributed by atoms with van der Waals surface area (Å²) in [5.74, 6) is -1.16. The molecule has 1 unspecified atom stereocenters. The second-order valence-corrected chi connectivity index (χ2v) is 4.22. The number of aromatic nitrogens is 2. The van der Waals surface area contributed by atoms with Crippen molar-refractivity contribution in [1.82, 2.24) is 15.3 Å². The molecule has 0 aliphatic heterocycles. The zero-order valence-electron chi connectivity index (χ0n) is 10.6. The molecule has 0 fully saturated rings. The second-order valence-electron chi connectivity index (χ2n) is 4.22. The first-order valence-electron chi connectivity index (χ1n) is 6.15. The number of nitrogens with zero attached hydrogens (tertiary/aromatic N) is 2. The Morgan fingerprint density at radius 3 is 2.58 bits per heavy atom. The van der Waals surface area contributed by atoms with Crippen molar-refractivity contribution in [3.63, 3.8) is 0 Å². The lowest BCUT2D eigenvalue weighted by atomic mass is 10.0. The van der Waals surface area contributed by atoms with Gasteiger partial charge in [-0.15, -0.1) is 0 Å². The normalized spacial score (nSPS) is 12.4. The van der Waals surface area contributed by atoms with Crippen molar-refractivity contribution in [1.29, 1.82) is 0 Å². The monoisotopic (exact) mass is 263 g/mol. The summed E-state index contributed by atoms with van der Waals surface area (Å²) in [5, 5.41) is 3.22. The minimum atomic E-state index is -0.584. The molecule has 0 aliphatic rings. The standard InChI is InChI=1S/C14H15F2N3/c1-2-5-19-14(10-7-17-9-18-8-10)12-4-3-11(15)6-13(12)16/h3-4,6-9,14,19H,2,5H2,1H3. The van der Waals surface area contributed by atoms with Crippen molar-refractivity contribution in [3.8, 4) is 0 Å². The van der Waals surface area contributed by atoms with Crippen LogP contribution in [-0.4, -0.2) is 16.5 Å². The van der Waals surface area contributed by atoms with Gasteiger partial charge in [0.1, 0.15) is 18.0 Å². The first-order valence-corrected chi connectivity index (χ1v) is 6.15. The predicted molar refractivity (Wildman–Crippen MR) is 68.5 cm³/mol. The Hall–Kier alpha value is -1.88. The molecule has 0 amide bonds. The number of hydrogen-bond donors (Lipinski definition) is 1. The van der Waals surface area contributed by atoms with E-state index in [4.69, 9.17) is 0 Å². The Bertz CT molecular complexity index is 531. The molecule has 0 saturated heterocycles. The van der Waals surface area contributed by atoms with E-state index in [0.717, 1.165) is 24.6 Å². The zero-order chi connectivity index (χ0) is 13.7. The third kappa shape index (κ3) is 3.32. The Kier molecular flexibility index (Phi) is 4.52. The molecule has 1 aromatic carbocycles. The third-order valence-corrected chi connectivity index (χ3v) is 2.79. The minimum absolute atomic E-state index is 0.373. The Labute approximate surface area is 110 Å². The van der Waals surface area contributed by atoms with E-state index in [1.807, 2.05) is 6.92 Å². The molecule has 5 heteroatoms. The van der Waals surface area contributed by atoms with E-state index in [2.05, 4.69) is 15.3 Å². The molecular weight excluding hydrogens is 248 g/mol. The fourth-order valence-electron chi connectivity index (χ4n) is 1.89.